The summed E-state index contributed by atoms with van der Waals surface area (Å²) in [5.41, 5.74) is 3.15. The van der Waals surface area contributed by atoms with E-state index in [0.717, 1.165) is 17.0 Å². The predicted molar refractivity (Wildman–Crippen MR) is 105 cm³/mol. The number of rotatable bonds is 3. The van der Waals surface area contributed by atoms with Crippen molar-refractivity contribution in [1.82, 2.24) is 9.88 Å². The number of likely N-dealkylation sites (tertiary alicyclic amines) is 1. The number of urea groups is 1. The highest BCUT2D eigenvalue weighted by Crippen LogP contribution is 2.26. The summed E-state index contributed by atoms with van der Waals surface area (Å²) in [5, 5.41) is 3.62. The van der Waals surface area contributed by atoms with E-state index in [9.17, 15) is 4.79 Å². The molecule has 1 aromatic carbocycles. The van der Waals surface area contributed by atoms with Gasteiger partial charge in [-0.2, -0.15) is 0 Å². The average molecular weight is 372 g/mol. The Hall–Kier alpha value is -2.53. The molecular formula is C20H22ClN3O2. The van der Waals surface area contributed by atoms with Crippen molar-refractivity contribution in [2.45, 2.75) is 13.3 Å². The quantitative estimate of drug-likeness (QED) is 0.850. The summed E-state index contributed by atoms with van der Waals surface area (Å²) < 4.78 is 5.02. The van der Waals surface area contributed by atoms with Crippen molar-refractivity contribution >= 4 is 29.4 Å². The van der Waals surface area contributed by atoms with Crippen LogP contribution in [0.2, 0.25) is 5.02 Å². The van der Waals surface area contributed by atoms with Crippen LogP contribution in [0.3, 0.4) is 0 Å². The monoisotopic (exact) mass is 371 g/mol. The van der Waals surface area contributed by atoms with Crippen molar-refractivity contribution in [3.05, 3.63) is 58.8 Å². The van der Waals surface area contributed by atoms with Crippen molar-refractivity contribution < 1.29 is 9.53 Å². The molecule has 6 heteroatoms. The van der Waals surface area contributed by atoms with Gasteiger partial charge in [0.15, 0.2) is 0 Å². The molecule has 0 spiro atoms. The van der Waals surface area contributed by atoms with Gasteiger partial charge in [-0.1, -0.05) is 42.3 Å². The van der Waals surface area contributed by atoms with E-state index < -0.39 is 0 Å². The standard InChI is InChI=1S/C20H22ClN3O2/c1-14-13-24(20(25)23-18-7-8-19(26-2)22-12-18)10-9-16(14)11-15-3-5-17(21)6-4-15/h3-8,11-12,14H,9-10,13H2,1-2H3,(H,23,25). The number of aromatic nitrogens is 1. The number of nitrogens with zero attached hydrogens (tertiary/aromatic N) is 2. The highest BCUT2D eigenvalue weighted by Gasteiger charge is 2.24. The average Bonchev–Trinajstić information content (AvgIpc) is 2.65. The lowest BCUT2D eigenvalue weighted by atomic mass is 9.91. The van der Waals surface area contributed by atoms with E-state index in [1.807, 2.05) is 29.2 Å². The van der Waals surface area contributed by atoms with Gasteiger partial charge < -0.3 is 15.0 Å². The molecule has 1 aromatic heterocycles. The molecule has 0 radical (unpaired) electrons. The molecule has 1 aliphatic rings. The minimum atomic E-state index is -0.102. The molecule has 2 heterocycles. The highest BCUT2D eigenvalue weighted by atomic mass is 35.5. The third kappa shape index (κ3) is 4.55. The first-order valence-corrected chi connectivity index (χ1v) is 8.95. The lowest BCUT2D eigenvalue weighted by Gasteiger charge is -2.33. The number of nitrogens with one attached hydrogen (secondary N) is 1. The normalized spacial score (nSPS) is 18.7. The van der Waals surface area contributed by atoms with Gasteiger partial charge in [-0.05, 0) is 36.1 Å². The Morgan fingerprint density at radius 1 is 1.31 bits per heavy atom. The zero-order valence-electron chi connectivity index (χ0n) is 14.9. The molecule has 136 valence electrons. The molecule has 1 atom stereocenters. The molecule has 26 heavy (non-hydrogen) atoms. The van der Waals surface area contributed by atoms with Crippen LogP contribution >= 0.6 is 11.6 Å². The molecule has 2 aromatic rings. The number of hydrogen-bond acceptors (Lipinski definition) is 3. The fourth-order valence-corrected chi connectivity index (χ4v) is 3.13. The first kappa shape index (κ1) is 18.3. The van der Waals surface area contributed by atoms with Crippen LogP contribution in [0.15, 0.2) is 48.2 Å². The minimum Gasteiger partial charge on any atom is -0.481 e. The first-order chi connectivity index (χ1) is 12.5. The molecule has 1 aliphatic heterocycles. The van der Waals surface area contributed by atoms with Gasteiger partial charge >= 0.3 is 6.03 Å². The molecule has 2 amide bonds. The van der Waals surface area contributed by atoms with Gasteiger partial charge in [-0.3, -0.25) is 0 Å². The van der Waals surface area contributed by atoms with E-state index in [0.29, 0.717) is 30.6 Å². The van der Waals surface area contributed by atoms with Gasteiger partial charge in [0.05, 0.1) is 19.0 Å². The number of hydrogen-bond donors (Lipinski definition) is 1. The summed E-state index contributed by atoms with van der Waals surface area (Å²) in [7, 11) is 1.56. The Labute approximate surface area is 158 Å². The van der Waals surface area contributed by atoms with Crippen LogP contribution in [0, 0.1) is 5.92 Å². The number of methoxy groups -OCH3 is 1. The topological polar surface area (TPSA) is 54.5 Å². The summed E-state index contributed by atoms with van der Waals surface area (Å²) >= 11 is 5.94. The number of benzene rings is 1. The number of carbonyl (C=O) groups excluding carboxylic acids is 1. The molecule has 0 bridgehead atoms. The number of halogens is 1. The van der Waals surface area contributed by atoms with Crippen LogP contribution in [0.5, 0.6) is 5.88 Å². The molecule has 3 rings (SSSR count). The largest absolute Gasteiger partial charge is 0.481 e. The second kappa shape index (κ2) is 8.23. The lowest BCUT2D eigenvalue weighted by molar-refractivity contribution is 0.198. The zero-order chi connectivity index (χ0) is 18.5. The van der Waals surface area contributed by atoms with Crippen LogP contribution < -0.4 is 10.1 Å². The Kier molecular flexibility index (Phi) is 5.78. The van der Waals surface area contributed by atoms with Crippen LogP contribution in [-0.4, -0.2) is 36.1 Å². The van der Waals surface area contributed by atoms with E-state index in [1.54, 1.807) is 25.4 Å². The van der Waals surface area contributed by atoms with E-state index >= 15 is 0 Å². The van der Waals surface area contributed by atoms with Gasteiger partial charge in [0.25, 0.3) is 0 Å². The second-order valence-electron chi connectivity index (χ2n) is 6.39. The number of pyridine rings is 1. The summed E-state index contributed by atoms with van der Waals surface area (Å²) in [6, 6.07) is 11.2. The van der Waals surface area contributed by atoms with Crippen LogP contribution in [0.25, 0.3) is 6.08 Å². The minimum absolute atomic E-state index is 0.102. The fourth-order valence-electron chi connectivity index (χ4n) is 3.00. The first-order valence-electron chi connectivity index (χ1n) is 8.57. The van der Waals surface area contributed by atoms with Crippen molar-refractivity contribution in [1.29, 1.82) is 0 Å². The maximum Gasteiger partial charge on any atom is 0.321 e. The molecule has 5 nitrogen and oxygen atoms in total. The van der Waals surface area contributed by atoms with Gasteiger partial charge in [0.1, 0.15) is 0 Å². The van der Waals surface area contributed by atoms with E-state index in [2.05, 4.69) is 23.3 Å². The van der Waals surface area contributed by atoms with Gasteiger partial charge in [0, 0.05) is 24.2 Å². The Bertz CT molecular complexity index is 788. The summed E-state index contributed by atoms with van der Waals surface area (Å²) in [6.07, 6.45) is 4.65. The van der Waals surface area contributed by atoms with E-state index in [-0.39, 0.29) is 6.03 Å². The van der Waals surface area contributed by atoms with Gasteiger partial charge in [-0.25, -0.2) is 9.78 Å². The second-order valence-corrected chi connectivity index (χ2v) is 6.82. The lowest BCUT2D eigenvalue weighted by Crippen LogP contribution is -2.42. The molecule has 1 unspecified atom stereocenters. The van der Waals surface area contributed by atoms with Gasteiger partial charge in [-0.15, -0.1) is 0 Å². The van der Waals surface area contributed by atoms with Crippen LogP contribution in [-0.2, 0) is 0 Å². The third-order valence-electron chi connectivity index (χ3n) is 4.50. The SMILES string of the molecule is COc1ccc(NC(=O)N2CCC(=Cc3ccc(Cl)cc3)C(C)C2)cn1. The summed E-state index contributed by atoms with van der Waals surface area (Å²) in [6.45, 7) is 3.53. The maximum absolute atomic E-state index is 12.5. The predicted octanol–water partition coefficient (Wildman–Crippen LogP) is 4.70. The molecular weight excluding hydrogens is 350 g/mol. The molecule has 1 N–H and O–H groups in total. The molecule has 1 fully saturated rings. The summed E-state index contributed by atoms with van der Waals surface area (Å²) in [5.74, 6) is 0.825. The Morgan fingerprint density at radius 3 is 2.69 bits per heavy atom. The number of piperidine rings is 1. The van der Waals surface area contributed by atoms with E-state index in [4.69, 9.17) is 16.3 Å². The van der Waals surface area contributed by atoms with Crippen LogP contribution in [0.4, 0.5) is 10.5 Å². The van der Waals surface area contributed by atoms with Gasteiger partial charge in [0.2, 0.25) is 5.88 Å². The number of carbonyl (C=O) groups is 1. The van der Waals surface area contributed by atoms with E-state index in [1.165, 1.54) is 5.57 Å². The molecule has 0 saturated carbocycles. The van der Waals surface area contributed by atoms with Crippen molar-refractivity contribution in [3.63, 3.8) is 0 Å². The summed E-state index contributed by atoms with van der Waals surface area (Å²) in [4.78, 5) is 18.4. The zero-order valence-corrected chi connectivity index (χ0v) is 15.7. The third-order valence-corrected chi connectivity index (χ3v) is 4.76. The van der Waals surface area contributed by atoms with Crippen molar-refractivity contribution in [3.8, 4) is 5.88 Å². The van der Waals surface area contributed by atoms with Crippen LogP contribution in [0.1, 0.15) is 18.9 Å². The van der Waals surface area contributed by atoms with Crippen molar-refractivity contribution in [2.75, 3.05) is 25.5 Å². The number of amides is 2. The van der Waals surface area contributed by atoms with Crippen molar-refractivity contribution in [2.24, 2.45) is 5.92 Å². The number of anilines is 1. The molecule has 1 saturated heterocycles. The Morgan fingerprint density at radius 2 is 2.08 bits per heavy atom. The number of ether oxygens (including phenoxy) is 1. The smallest absolute Gasteiger partial charge is 0.321 e. The highest BCUT2D eigenvalue weighted by molar-refractivity contribution is 6.30. The molecule has 0 aliphatic carbocycles. The maximum atomic E-state index is 12.5. The Balaban J connectivity index is 1.60. The fraction of sp³-hybridized carbons (Fsp3) is 0.300.